The molecular formula is C23H30N2O4S. The van der Waals surface area contributed by atoms with Crippen molar-refractivity contribution >= 4 is 16.2 Å². The smallest absolute Gasteiger partial charge is 0.241 e. The molecule has 2 N–H and O–H groups in total. The molecule has 0 saturated heterocycles. The van der Waals surface area contributed by atoms with Crippen molar-refractivity contribution in [2.45, 2.75) is 63.4 Å². The molecule has 0 radical (unpaired) electrons. The van der Waals surface area contributed by atoms with E-state index in [2.05, 4.69) is 9.71 Å². The molecule has 1 aliphatic carbocycles. The van der Waals surface area contributed by atoms with Crippen molar-refractivity contribution in [3.05, 3.63) is 52.6 Å². The van der Waals surface area contributed by atoms with Gasteiger partial charge in [-0.3, -0.25) is 4.99 Å². The van der Waals surface area contributed by atoms with Crippen LogP contribution in [0.4, 0.5) is 0 Å². The van der Waals surface area contributed by atoms with Gasteiger partial charge in [-0.05, 0) is 56.9 Å². The van der Waals surface area contributed by atoms with Crippen molar-refractivity contribution in [2.24, 2.45) is 4.99 Å². The highest BCUT2D eigenvalue weighted by Crippen LogP contribution is 2.29. The van der Waals surface area contributed by atoms with Crippen LogP contribution in [0.3, 0.4) is 0 Å². The first kappa shape index (κ1) is 22.3. The molecule has 2 aromatic carbocycles. The van der Waals surface area contributed by atoms with E-state index in [9.17, 15) is 13.5 Å². The molecule has 7 heteroatoms. The van der Waals surface area contributed by atoms with Gasteiger partial charge in [0.05, 0.1) is 18.0 Å². The molecule has 0 heterocycles. The quantitative estimate of drug-likeness (QED) is 0.677. The monoisotopic (exact) mass is 430 g/mol. The van der Waals surface area contributed by atoms with Gasteiger partial charge in [0.2, 0.25) is 10.0 Å². The lowest BCUT2D eigenvalue weighted by molar-refractivity contribution is 0.363. The maximum Gasteiger partial charge on any atom is 0.241 e. The number of sulfonamides is 1. The Hall–Kier alpha value is -2.38. The van der Waals surface area contributed by atoms with Crippen molar-refractivity contribution in [1.29, 1.82) is 0 Å². The summed E-state index contributed by atoms with van der Waals surface area (Å²) in [6, 6.07) is 8.52. The van der Waals surface area contributed by atoms with Gasteiger partial charge in [-0.15, -0.1) is 0 Å². The number of hydrogen-bond donors (Lipinski definition) is 2. The minimum Gasteiger partial charge on any atom is -0.504 e. The largest absolute Gasteiger partial charge is 0.504 e. The Balaban J connectivity index is 1.85. The molecule has 0 unspecified atom stereocenters. The number of aryl methyl sites for hydroxylation is 3. The van der Waals surface area contributed by atoms with Crippen LogP contribution in [0.1, 0.15) is 47.9 Å². The van der Waals surface area contributed by atoms with Crippen LogP contribution < -0.4 is 9.46 Å². The van der Waals surface area contributed by atoms with Crippen LogP contribution in [0.25, 0.3) is 0 Å². The summed E-state index contributed by atoms with van der Waals surface area (Å²) in [5.41, 5.74) is 3.09. The van der Waals surface area contributed by atoms with E-state index in [-0.39, 0.29) is 17.8 Å². The Labute approximate surface area is 179 Å². The number of nitrogens with one attached hydrogen (secondary N) is 1. The normalized spacial score (nSPS) is 19.9. The Morgan fingerprint density at radius 1 is 1.13 bits per heavy atom. The van der Waals surface area contributed by atoms with E-state index < -0.39 is 10.0 Å². The predicted molar refractivity (Wildman–Crippen MR) is 119 cm³/mol. The molecule has 30 heavy (non-hydrogen) atoms. The summed E-state index contributed by atoms with van der Waals surface area (Å²) in [4.78, 5) is 4.99. The summed E-state index contributed by atoms with van der Waals surface area (Å²) in [6.45, 7) is 5.62. The number of nitrogens with zero attached hydrogens (tertiary/aromatic N) is 1. The van der Waals surface area contributed by atoms with Gasteiger partial charge in [0.25, 0.3) is 0 Å². The van der Waals surface area contributed by atoms with Crippen LogP contribution in [-0.2, 0) is 10.0 Å². The number of phenols is 1. The average molecular weight is 431 g/mol. The lowest BCUT2D eigenvalue weighted by Gasteiger charge is -2.29. The fourth-order valence-corrected chi connectivity index (χ4v) is 6.02. The Kier molecular flexibility index (Phi) is 6.83. The lowest BCUT2D eigenvalue weighted by atomic mass is 9.91. The molecular weight excluding hydrogens is 400 g/mol. The second kappa shape index (κ2) is 9.18. The number of para-hydroxylation sites is 1. The molecule has 2 aromatic rings. The molecule has 0 aliphatic heterocycles. The molecule has 1 saturated carbocycles. The molecule has 2 atom stereocenters. The minimum absolute atomic E-state index is 0.0302. The Bertz CT molecular complexity index is 1020. The van der Waals surface area contributed by atoms with Gasteiger partial charge in [-0.1, -0.05) is 36.6 Å². The fourth-order valence-electron chi connectivity index (χ4n) is 4.26. The number of ether oxygens (including phenoxy) is 1. The summed E-state index contributed by atoms with van der Waals surface area (Å²) in [5.74, 6) is 0.410. The van der Waals surface area contributed by atoms with Crippen LogP contribution >= 0.6 is 0 Å². The first-order valence-corrected chi connectivity index (χ1v) is 11.7. The minimum atomic E-state index is -3.67. The summed E-state index contributed by atoms with van der Waals surface area (Å²) in [5, 5.41) is 10.3. The Morgan fingerprint density at radius 2 is 1.80 bits per heavy atom. The average Bonchev–Trinajstić information content (AvgIpc) is 2.67. The molecule has 1 fully saturated rings. The van der Waals surface area contributed by atoms with E-state index in [0.29, 0.717) is 16.2 Å². The van der Waals surface area contributed by atoms with Crippen LogP contribution in [0.5, 0.6) is 11.5 Å². The molecule has 1 aliphatic rings. The second-order valence-electron chi connectivity index (χ2n) is 7.98. The number of phenolic OH excluding ortho intramolecular Hbond substituents is 1. The summed E-state index contributed by atoms with van der Waals surface area (Å²) in [7, 11) is -2.17. The van der Waals surface area contributed by atoms with Crippen LogP contribution in [-0.4, -0.2) is 38.9 Å². The van der Waals surface area contributed by atoms with Crippen LogP contribution in [0, 0.1) is 20.8 Å². The van der Waals surface area contributed by atoms with Crippen molar-refractivity contribution in [2.75, 3.05) is 7.11 Å². The van der Waals surface area contributed by atoms with E-state index in [0.717, 1.165) is 42.4 Å². The third-order valence-electron chi connectivity index (χ3n) is 5.56. The first-order valence-electron chi connectivity index (χ1n) is 10.2. The first-order chi connectivity index (χ1) is 14.2. The standard InChI is InChI=1S/C23H30N2O4S/c1-15-12-16(2)23(17(3)13-15)30(27,28)25-20-10-6-5-9-19(20)24-14-18-8-7-11-21(29-4)22(18)26/h7-8,11-14,19-20,25-26H,5-6,9-10H2,1-4H3/t19-,20-/m1/s1. The van der Waals surface area contributed by atoms with Gasteiger partial charge >= 0.3 is 0 Å². The molecule has 0 amide bonds. The van der Waals surface area contributed by atoms with Gasteiger partial charge in [-0.25, -0.2) is 13.1 Å². The maximum absolute atomic E-state index is 13.2. The van der Waals surface area contributed by atoms with Gasteiger partial charge in [-0.2, -0.15) is 0 Å². The number of methoxy groups -OCH3 is 1. The third kappa shape index (κ3) is 4.84. The molecule has 162 valence electrons. The zero-order valence-corrected chi connectivity index (χ0v) is 18.8. The highest BCUT2D eigenvalue weighted by atomic mass is 32.2. The van der Waals surface area contributed by atoms with Gasteiger partial charge in [0, 0.05) is 17.8 Å². The highest BCUT2D eigenvalue weighted by Gasteiger charge is 2.30. The molecule has 0 bridgehead atoms. The van der Waals surface area contributed by atoms with Crippen LogP contribution in [0.15, 0.2) is 40.2 Å². The number of benzene rings is 2. The lowest BCUT2D eigenvalue weighted by Crippen LogP contribution is -2.44. The SMILES string of the molecule is COc1cccc(C=N[C@@H]2CCCC[C@H]2NS(=O)(=O)c2c(C)cc(C)cc2C)c1O. The number of aromatic hydroxyl groups is 1. The van der Waals surface area contributed by atoms with Gasteiger partial charge in [0.1, 0.15) is 0 Å². The van der Waals surface area contributed by atoms with Crippen molar-refractivity contribution < 1.29 is 18.3 Å². The molecule has 0 spiro atoms. The second-order valence-corrected chi connectivity index (χ2v) is 9.63. The number of hydrogen-bond acceptors (Lipinski definition) is 5. The van der Waals surface area contributed by atoms with E-state index in [1.807, 2.05) is 32.9 Å². The van der Waals surface area contributed by atoms with E-state index in [1.54, 1.807) is 24.4 Å². The van der Waals surface area contributed by atoms with Crippen molar-refractivity contribution in [3.8, 4) is 11.5 Å². The van der Waals surface area contributed by atoms with E-state index in [1.165, 1.54) is 7.11 Å². The maximum atomic E-state index is 13.2. The summed E-state index contributed by atoms with van der Waals surface area (Å²) >= 11 is 0. The van der Waals surface area contributed by atoms with Gasteiger partial charge in [0.15, 0.2) is 11.5 Å². The van der Waals surface area contributed by atoms with Crippen molar-refractivity contribution in [3.63, 3.8) is 0 Å². The number of aliphatic imine (C=N–C) groups is 1. The summed E-state index contributed by atoms with van der Waals surface area (Å²) < 4.78 is 34.4. The predicted octanol–water partition coefficient (Wildman–Crippen LogP) is 4.03. The van der Waals surface area contributed by atoms with E-state index >= 15 is 0 Å². The van der Waals surface area contributed by atoms with Gasteiger partial charge < -0.3 is 9.84 Å². The highest BCUT2D eigenvalue weighted by molar-refractivity contribution is 7.89. The zero-order valence-electron chi connectivity index (χ0n) is 18.0. The Morgan fingerprint density at radius 3 is 2.47 bits per heavy atom. The third-order valence-corrected chi connectivity index (χ3v) is 7.36. The molecule has 6 nitrogen and oxygen atoms in total. The molecule has 3 rings (SSSR count). The fraction of sp³-hybridized carbons (Fsp3) is 0.435. The van der Waals surface area contributed by atoms with E-state index in [4.69, 9.17) is 4.74 Å². The number of rotatable bonds is 6. The van der Waals surface area contributed by atoms with Crippen LogP contribution in [0.2, 0.25) is 0 Å². The molecule has 0 aromatic heterocycles. The zero-order chi connectivity index (χ0) is 21.9. The summed E-state index contributed by atoms with van der Waals surface area (Å²) in [6.07, 6.45) is 5.08. The topological polar surface area (TPSA) is 88.0 Å². The van der Waals surface area contributed by atoms with Crippen molar-refractivity contribution in [1.82, 2.24) is 4.72 Å².